The van der Waals surface area contributed by atoms with Crippen LogP contribution in [-0.2, 0) is 17.6 Å². The van der Waals surface area contributed by atoms with Crippen LogP contribution in [0.25, 0.3) is 21.8 Å². The Morgan fingerprint density at radius 3 is 2.52 bits per heavy atom. The van der Waals surface area contributed by atoms with Crippen LogP contribution in [0.2, 0.25) is 5.02 Å². The molecular formula is C38H41ClN4O3. The van der Waals surface area contributed by atoms with E-state index < -0.39 is 5.92 Å². The fourth-order valence-electron chi connectivity index (χ4n) is 6.95. The van der Waals surface area contributed by atoms with Gasteiger partial charge in [0.1, 0.15) is 5.75 Å². The number of unbranched alkanes of at least 4 members (excludes halogenated alkanes) is 3. The van der Waals surface area contributed by atoms with Crippen LogP contribution in [0, 0.1) is 6.92 Å². The normalized spacial score (nSPS) is 13.5. The second-order valence-electron chi connectivity index (χ2n) is 12.2. The molecule has 7 nitrogen and oxygen atoms in total. The Kier molecular flexibility index (Phi) is 9.71. The maximum Gasteiger partial charge on any atom is 0.262 e. The van der Waals surface area contributed by atoms with Crippen LogP contribution in [0.15, 0.2) is 66.7 Å². The largest absolute Gasteiger partial charge is 0.497 e. The van der Waals surface area contributed by atoms with Crippen molar-refractivity contribution in [1.82, 2.24) is 9.55 Å². The van der Waals surface area contributed by atoms with Crippen LogP contribution in [-0.4, -0.2) is 35.0 Å². The molecule has 8 heteroatoms. The van der Waals surface area contributed by atoms with Gasteiger partial charge in [-0.15, -0.1) is 0 Å². The molecule has 238 valence electrons. The number of carbonyl (C=O) groups is 2. The number of hydrogen-bond donors (Lipinski definition) is 2. The number of carbonyl (C=O) groups excluding carboxylic acids is 2. The van der Waals surface area contributed by atoms with Gasteiger partial charge in [-0.2, -0.15) is 0 Å². The van der Waals surface area contributed by atoms with Gasteiger partial charge in [0.15, 0.2) is 0 Å². The Morgan fingerprint density at radius 2 is 1.74 bits per heavy atom. The van der Waals surface area contributed by atoms with E-state index in [1.165, 1.54) is 0 Å². The number of aromatic nitrogens is 2. The highest BCUT2D eigenvalue weighted by Crippen LogP contribution is 2.39. The Balaban J connectivity index is 1.48. The molecule has 0 spiro atoms. The van der Waals surface area contributed by atoms with Crippen molar-refractivity contribution in [2.45, 2.75) is 70.6 Å². The van der Waals surface area contributed by atoms with Gasteiger partial charge in [0.05, 0.1) is 29.7 Å². The Hall–Kier alpha value is -4.20. The number of aryl methyl sites for hydroxylation is 1. The molecule has 0 saturated heterocycles. The Labute approximate surface area is 275 Å². The second kappa shape index (κ2) is 14.1. The fourth-order valence-corrected chi connectivity index (χ4v) is 7.08. The zero-order valence-corrected chi connectivity index (χ0v) is 27.3. The number of halogens is 1. The van der Waals surface area contributed by atoms with Crippen molar-refractivity contribution in [3.63, 3.8) is 0 Å². The monoisotopic (exact) mass is 636 g/mol. The number of para-hydroxylation sites is 1. The summed E-state index contributed by atoms with van der Waals surface area (Å²) < 4.78 is 7.36. The maximum atomic E-state index is 14.7. The number of pyridine rings is 1. The molecule has 1 amide bonds. The number of nitrogens with one attached hydrogen (secondary N) is 1. The molecule has 46 heavy (non-hydrogen) atoms. The molecule has 5 aromatic rings. The summed E-state index contributed by atoms with van der Waals surface area (Å²) in [6, 6.07) is 20.7. The number of fused-ring (bicyclic) bond motifs is 3. The Bertz CT molecular complexity index is 1900. The standard InChI is InChI=1S/C38H41ClN4O3/c1-24-35(31-23-27(46-2)20-21-34(31)43(24)38(45)25-16-18-26(39)19-17-25)30(13-5-3-4-10-22-40)37(44)42-36-28-11-6-8-14-32(28)41-33-15-9-7-12-29(33)36/h6,8,11,14,16-21,23,30H,3-5,7,9-10,12-13,15,22,40H2,1-2H3,(H,41,42,44). The lowest BCUT2D eigenvalue weighted by molar-refractivity contribution is -0.117. The first-order chi connectivity index (χ1) is 22.4. The molecule has 1 aliphatic rings. The van der Waals surface area contributed by atoms with Gasteiger partial charge in [-0.1, -0.05) is 49.1 Å². The first kappa shape index (κ1) is 31.8. The molecule has 3 aromatic carbocycles. The Morgan fingerprint density at radius 1 is 0.978 bits per heavy atom. The van der Waals surface area contributed by atoms with E-state index >= 15 is 0 Å². The third-order valence-corrected chi connectivity index (χ3v) is 9.54. The number of nitrogens with two attached hydrogens (primary N) is 1. The summed E-state index contributed by atoms with van der Waals surface area (Å²) in [5.41, 5.74) is 12.6. The zero-order valence-electron chi connectivity index (χ0n) is 26.6. The third-order valence-electron chi connectivity index (χ3n) is 9.28. The molecule has 0 bridgehead atoms. The van der Waals surface area contributed by atoms with Crippen LogP contribution < -0.4 is 15.8 Å². The number of anilines is 1. The summed E-state index contributed by atoms with van der Waals surface area (Å²) in [6.45, 7) is 2.59. The van der Waals surface area contributed by atoms with Gasteiger partial charge in [-0.05, 0) is 112 Å². The SMILES string of the molecule is COc1ccc2c(c1)c(C(CCCCCCN)C(=O)Nc1c3c(nc4ccccc14)CCCC3)c(C)n2C(=O)c1ccc(Cl)cc1. The van der Waals surface area contributed by atoms with E-state index in [1.54, 1.807) is 35.9 Å². The predicted octanol–water partition coefficient (Wildman–Crippen LogP) is 8.36. The van der Waals surface area contributed by atoms with E-state index in [0.29, 0.717) is 29.3 Å². The highest BCUT2D eigenvalue weighted by atomic mass is 35.5. The minimum absolute atomic E-state index is 0.0770. The molecule has 0 saturated carbocycles. The van der Waals surface area contributed by atoms with Gasteiger partial charge in [0.2, 0.25) is 5.91 Å². The lowest BCUT2D eigenvalue weighted by Crippen LogP contribution is -2.24. The lowest BCUT2D eigenvalue weighted by Gasteiger charge is -2.24. The number of amides is 1. The zero-order chi connectivity index (χ0) is 32.2. The average Bonchev–Trinajstić information content (AvgIpc) is 3.36. The van der Waals surface area contributed by atoms with Gasteiger partial charge in [-0.3, -0.25) is 19.1 Å². The average molecular weight is 637 g/mol. The number of rotatable bonds is 11. The minimum atomic E-state index is -0.502. The number of nitrogens with zero attached hydrogens (tertiary/aromatic N) is 2. The van der Waals surface area contributed by atoms with Gasteiger partial charge < -0.3 is 15.8 Å². The van der Waals surface area contributed by atoms with Crippen LogP contribution in [0.1, 0.15) is 83.7 Å². The molecule has 0 radical (unpaired) electrons. The van der Waals surface area contributed by atoms with Crippen molar-refractivity contribution in [3.05, 3.63) is 99.8 Å². The molecule has 2 aromatic heterocycles. The molecule has 0 aliphatic heterocycles. The molecule has 1 atom stereocenters. The highest BCUT2D eigenvalue weighted by Gasteiger charge is 2.31. The third kappa shape index (κ3) is 6.26. The van der Waals surface area contributed by atoms with Crippen molar-refractivity contribution in [2.24, 2.45) is 5.73 Å². The molecule has 1 unspecified atom stereocenters. The second-order valence-corrected chi connectivity index (χ2v) is 12.6. The van der Waals surface area contributed by atoms with Crippen molar-refractivity contribution in [2.75, 3.05) is 19.0 Å². The predicted molar refractivity (Wildman–Crippen MR) is 186 cm³/mol. The van der Waals surface area contributed by atoms with Gasteiger partial charge in [0.25, 0.3) is 5.91 Å². The van der Waals surface area contributed by atoms with Gasteiger partial charge in [0, 0.05) is 32.7 Å². The van der Waals surface area contributed by atoms with Crippen LogP contribution in [0.3, 0.4) is 0 Å². The summed E-state index contributed by atoms with van der Waals surface area (Å²) in [6.07, 6.45) is 8.39. The summed E-state index contributed by atoms with van der Waals surface area (Å²) in [5, 5.41) is 5.78. The van der Waals surface area contributed by atoms with E-state index in [2.05, 4.69) is 5.32 Å². The minimum Gasteiger partial charge on any atom is -0.497 e. The molecule has 3 N–H and O–H groups in total. The topological polar surface area (TPSA) is 99.2 Å². The lowest BCUT2D eigenvalue weighted by atomic mass is 9.88. The van der Waals surface area contributed by atoms with E-state index in [0.717, 1.165) is 101 Å². The van der Waals surface area contributed by atoms with E-state index in [9.17, 15) is 9.59 Å². The summed E-state index contributed by atoms with van der Waals surface area (Å²) in [5.74, 6) is -0.0854. The molecule has 1 aliphatic carbocycles. The summed E-state index contributed by atoms with van der Waals surface area (Å²) in [7, 11) is 1.63. The molecule has 6 rings (SSSR count). The summed E-state index contributed by atoms with van der Waals surface area (Å²) >= 11 is 6.14. The quantitative estimate of drug-likeness (QED) is 0.142. The van der Waals surface area contributed by atoms with Crippen molar-refractivity contribution in [1.29, 1.82) is 0 Å². The first-order valence-corrected chi connectivity index (χ1v) is 16.7. The number of hydrogen-bond acceptors (Lipinski definition) is 5. The smallest absolute Gasteiger partial charge is 0.262 e. The highest BCUT2D eigenvalue weighted by molar-refractivity contribution is 6.30. The van der Waals surface area contributed by atoms with Crippen molar-refractivity contribution in [3.8, 4) is 5.75 Å². The van der Waals surface area contributed by atoms with Gasteiger partial charge >= 0.3 is 0 Å². The summed E-state index contributed by atoms with van der Waals surface area (Å²) in [4.78, 5) is 33.7. The van der Waals surface area contributed by atoms with Crippen LogP contribution >= 0.6 is 11.6 Å². The van der Waals surface area contributed by atoms with E-state index in [4.69, 9.17) is 27.1 Å². The van der Waals surface area contributed by atoms with E-state index in [-0.39, 0.29) is 11.8 Å². The van der Waals surface area contributed by atoms with Crippen LogP contribution in [0.5, 0.6) is 5.75 Å². The molecule has 0 fully saturated rings. The van der Waals surface area contributed by atoms with E-state index in [1.807, 2.05) is 49.4 Å². The van der Waals surface area contributed by atoms with Crippen LogP contribution in [0.4, 0.5) is 5.69 Å². The number of benzene rings is 3. The first-order valence-electron chi connectivity index (χ1n) is 16.3. The van der Waals surface area contributed by atoms with Crippen molar-refractivity contribution < 1.29 is 14.3 Å². The number of methoxy groups -OCH3 is 1. The molecule has 2 heterocycles. The molecular weight excluding hydrogens is 596 g/mol. The maximum absolute atomic E-state index is 14.7. The van der Waals surface area contributed by atoms with Crippen molar-refractivity contribution >= 4 is 50.9 Å². The van der Waals surface area contributed by atoms with Gasteiger partial charge in [-0.25, -0.2) is 0 Å². The number of ether oxygens (including phenoxy) is 1. The fraction of sp³-hybridized carbons (Fsp3) is 0.342.